The second kappa shape index (κ2) is 8.17. The van der Waals surface area contributed by atoms with E-state index in [1.54, 1.807) is 25.4 Å². The van der Waals surface area contributed by atoms with E-state index in [1.165, 1.54) is 5.56 Å². The van der Waals surface area contributed by atoms with Crippen LogP contribution in [0.4, 0.5) is 11.5 Å². The highest BCUT2D eigenvalue weighted by Gasteiger charge is 2.14. The maximum absolute atomic E-state index is 12.6. The number of carbonyl (C=O) groups excluding carboxylic acids is 1. The second-order valence-electron chi connectivity index (χ2n) is 7.68. The predicted molar refractivity (Wildman–Crippen MR) is 111 cm³/mol. The van der Waals surface area contributed by atoms with Crippen molar-refractivity contribution in [2.45, 2.75) is 39.7 Å². The monoisotopic (exact) mass is 375 g/mol. The van der Waals surface area contributed by atoms with E-state index < -0.39 is 0 Å². The first-order valence-corrected chi connectivity index (χ1v) is 9.21. The number of pyridine rings is 1. The molecule has 1 amide bonds. The molecule has 3 aromatic rings. The molecule has 0 saturated carbocycles. The van der Waals surface area contributed by atoms with Gasteiger partial charge >= 0.3 is 0 Å². The van der Waals surface area contributed by atoms with E-state index >= 15 is 0 Å². The summed E-state index contributed by atoms with van der Waals surface area (Å²) < 4.78 is 0. The number of anilines is 2. The van der Waals surface area contributed by atoms with Crippen LogP contribution in [-0.4, -0.2) is 20.9 Å². The molecule has 2 heterocycles. The summed E-state index contributed by atoms with van der Waals surface area (Å²) >= 11 is 0. The normalized spacial score (nSPS) is 11.1. The van der Waals surface area contributed by atoms with Crippen LogP contribution in [0.25, 0.3) is 0 Å². The van der Waals surface area contributed by atoms with E-state index in [-0.39, 0.29) is 11.3 Å². The molecule has 0 radical (unpaired) electrons. The number of rotatable bonds is 5. The van der Waals surface area contributed by atoms with E-state index in [2.05, 4.69) is 46.4 Å². The van der Waals surface area contributed by atoms with Crippen molar-refractivity contribution in [3.8, 4) is 0 Å². The maximum atomic E-state index is 12.6. The molecular formula is C22H25N5O. The summed E-state index contributed by atoms with van der Waals surface area (Å²) in [5.74, 6) is 0.881. The SMILES string of the molecule is Cc1nc(NCc2ccncc2)cc(C(=O)Nc2ccc(C(C)(C)C)cc2)n1. The largest absolute Gasteiger partial charge is 0.366 e. The van der Waals surface area contributed by atoms with Crippen LogP contribution in [-0.2, 0) is 12.0 Å². The first kappa shape index (κ1) is 19.5. The molecule has 0 aliphatic heterocycles. The van der Waals surface area contributed by atoms with Crippen molar-refractivity contribution < 1.29 is 4.79 Å². The molecule has 6 nitrogen and oxygen atoms in total. The Morgan fingerprint density at radius 2 is 1.68 bits per heavy atom. The van der Waals surface area contributed by atoms with E-state index in [0.29, 0.717) is 23.9 Å². The van der Waals surface area contributed by atoms with Gasteiger partial charge in [0.15, 0.2) is 0 Å². The molecule has 2 aromatic heterocycles. The van der Waals surface area contributed by atoms with E-state index in [9.17, 15) is 4.79 Å². The number of aromatic nitrogens is 3. The van der Waals surface area contributed by atoms with E-state index in [0.717, 1.165) is 11.3 Å². The maximum Gasteiger partial charge on any atom is 0.274 e. The van der Waals surface area contributed by atoms with E-state index in [4.69, 9.17) is 0 Å². The molecule has 28 heavy (non-hydrogen) atoms. The minimum absolute atomic E-state index is 0.0711. The van der Waals surface area contributed by atoms with Gasteiger partial charge in [-0.3, -0.25) is 9.78 Å². The Morgan fingerprint density at radius 3 is 2.32 bits per heavy atom. The van der Waals surface area contributed by atoms with Crippen LogP contribution in [0, 0.1) is 6.92 Å². The van der Waals surface area contributed by atoms with Crippen molar-refractivity contribution >= 4 is 17.4 Å². The fourth-order valence-corrected chi connectivity index (χ4v) is 2.72. The zero-order chi connectivity index (χ0) is 20.1. The highest BCUT2D eigenvalue weighted by atomic mass is 16.1. The van der Waals surface area contributed by atoms with Gasteiger partial charge in [-0.2, -0.15) is 0 Å². The van der Waals surface area contributed by atoms with Gasteiger partial charge in [0.2, 0.25) is 0 Å². The summed E-state index contributed by atoms with van der Waals surface area (Å²) in [6.07, 6.45) is 3.48. The molecule has 0 atom stereocenters. The molecule has 0 aliphatic rings. The Morgan fingerprint density at radius 1 is 1.00 bits per heavy atom. The molecule has 0 spiro atoms. The fourth-order valence-electron chi connectivity index (χ4n) is 2.72. The Bertz CT molecular complexity index is 947. The number of hydrogen-bond donors (Lipinski definition) is 2. The summed E-state index contributed by atoms with van der Waals surface area (Å²) in [4.78, 5) is 25.3. The van der Waals surface area contributed by atoms with Crippen LogP contribution in [0.2, 0.25) is 0 Å². The quantitative estimate of drug-likeness (QED) is 0.693. The number of carbonyl (C=O) groups is 1. The Balaban J connectivity index is 1.70. The van der Waals surface area contributed by atoms with Crippen molar-refractivity contribution in [2.24, 2.45) is 0 Å². The van der Waals surface area contributed by atoms with Gasteiger partial charge in [0.1, 0.15) is 17.3 Å². The molecule has 2 N–H and O–H groups in total. The van der Waals surface area contributed by atoms with Crippen LogP contribution in [0.3, 0.4) is 0 Å². The molecule has 0 unspecified atom stereocenters. The van der Waals surface area contributed by atoms with Crippen LogP contribution < -0.4 is 10.6 Å². The van der Waals surface area contributed by atoms with Gasteiger partial charge in [0, 0.05) is 30.7 Å². The third-order valence-corrected chi connectivity index (χ3v) is 4.30. The molecule has 0 bridgehead atoms. The molecule has 6 heteroatoms. The smallest absolute Gasteiger partial charge is 0.274 e. The lowest BCUT2D eigenvalue weighted by Gasteiger charge is -2.19. The number of aryl methyl sites for hydroxylation is 1. The van der Waals surface area contributed by atoms with Gasteiger partial charge in [-0.1, -0.05) is 32.9 Å². The Kier molecular flexibility index (Phi) is 5.68. The summed E-state index contributed by atoms with van der Waals surface area (Å²) in [5.41, 5.74) is 3.43. The van der Waals surface area contributed by atoms with Crippen LogP contribution in [0.5, 0.6) is 0 Å². The molecule has 0 aliphatic carbocycles. The van der Waals surface area contributed by atoms with Crippen LogP contribution in [0.15, 0.2) is 54.9 Å². The predicted octanol–water partition coefficient (Wildman–Crippen LogP) is 4.34. The van der Waals surface area contributed by atoms with Crippen LogP contribution in [0.1, 0.15) is 48.2 Å². The third kappa shape index (κ3) is 5.13. The van der Waals surface area contributed by atoms with Crippen molar-refractivity contribution in [1.29, 1.82) is 0 Å². The lowest BCUT2D eigenvalue weighted by Crippen LogP contribution is -2.16. The Labute approximate surface area is 165 Å². The topological polar surface area (TPSA) is 79.8 Å². The average Bonchev–Trinajstić information content (AvgIpc) is 2.66. The van der Waals surface area contributed by atoms with E-state index in [1.807, 2.05) is 36.4 Å². The number of amides is 1. The van der Waals surface area contributed by atoms with Crippen LogP contribution >= 0.6 is 0 Å². The molecular weight excluding hydrogens is 350 g/mol. The standard InChI is InChI=1S/C22H25N5O/c1-15-25-19(13-20(26-15)24-14-16-9-11-23-12-10-16)21(28)27-18-7-5-17(6-8-18)22(2,3)4/h5-13H,14H2,1-4H3,(H,27,28)(H,24,25,26). The minimum atomic E-state index is -0.263. The summed E-state index contributed by atoms with van der Waals surface area (Å²) in [5, 5.41) is 6.13. The summed E-state index contributed by atoms with van der Waals surface area (Å²) in [6.45, 7) is 8.83. The van der Waals surface area contributed by atoms with Gasteiger partial charge in [-0.05, 0) is 47.7 Å². The average molecular weight is 375 g/mol. The summed E-state index contributed by atoms with van der Waals surface area (Å²) in [7, 11) is 0. The van der Waals surface area contributed by atoms with Gasteiger partial charge in [0.25, 0.3) is 5.91 Å². The minimum Gasteiger partial charge on any atom is -0.366 e. The summed E-state index contributed by atoms with van der Waals surface area (Å²) in [6, 6.07) is 13.4. The van der Waals surface area contributed by atoms with Gasteiger partial charge in [-0.15, -0.1) is 0 Å². The van der Waals surface area contributed by atoms with Crippen molar-refractivity contribution in [3.05, 3.63) is 77.5 Å². The highest BCUT2D eigenvalue weighted by Crippen LogP contribution is 2.23. The zero-order valence-electron chi connectivity index (χ0n) is 16.7. The molecule has 3 rings (SSSR count). The lowest BCUT2D eigenvalue weighted by molar-refractivity contribution is 0.102. The van der Waals surface area contributed by atoms with Gasteiger partial charge < -0.3 is 10.6 Å². The first-order chi connectivity index (χ1) is 13.3. The fraction of sp³-hybridized carbons (Fsp3) is 0.273. The molecule has 0 fully saturated rings. The van der Waals surface area contributed by atoms with Gasteiger partial charge in [0.05, 0.1) is 0 Å². The number of nitrogens with one attached hydrogen (secondary N) is 2. The number of benzene rings is 1. The van der Waals surface area contributed by atoms with Crippen molar-refractivity contribution in [1.82, 2.24) is 15.0 Å². The number of hydrogen-bond acceptors (Lipinski definition) is 5. The molecule has 0 saturated heterocycles. The first-order valence-electron chi connectivity index (χ1n) is 9.21. The lowest BCUT2D eigenvalue weighted by atomic mass is 9.87. The van der Waals surface area contributed by atoms with Gasteiger partial charge in [-0.25, -0.2) is 9.97 Å². The number of nitrogens with zero attached hydrogens (tertiary/aromatic N) is 3. The zero-order valence-corrected chi connectivity index (χ0v) is 16.7. The Hall–Kier alpha value is -3.28. The highest BCUT2D eigenvalue weighted by molar-refractivity contribution is 6.03. The third-order valence-electron chi connectivity index (χ3n) is 4.30. The van der Waals surface area contributed by atoms with Crippen molar-refractivity contribution in [2.75, 3.05) is 10.6 Å². The molecule has 1 aromatic carbocycles. The second-order valence-corrected chi connectivity index (χ2v) is 7.68. The molecule has 144 valence electrons. The van der Waals surface area contributed by atoms with Crippen molar-refractivity contribution in [3.63, 3.8) is 0 Å².